The predicted octanol–water partition coefficient (Wildman–Crippen LogP) is 2.64. The molecule has 0 spiro atoms. The Kier molecular flexibility index (Phi) is 3.07. The normalized spacial score (nSPS) is 12.0. The summed E-state index contributed by atoms with van der Waals surface area (Å²) in [5.41, 5.74) is 7.57. The van der Waals surface area contributed by atoms with Crippen LogP contribution in [0.1, 0.15) is 25.8 Å². The second-order valence-electron chi connectivity index (χ2n) is 5.07. The molecular formula is C13H18N2O2. The van der Waals surface area contributed by atoms with E-state index < -0.39 is 0 Å². The fraction of sp³-hybridized carbons (Fsp3) is 0.462. The van der Waals surface area contributed by atoms with Gasteiger partial charge in [-0.2, -0.15) is 0 Å². The van der Waals surface area contributed by atoms with Gasteiger partial charge in [-0.15, -0.1) is 0 Å². The van der Waals surface area contributed by atoms with E-state index in [1.165, 1.54) is 0 Å². The zero-order chi connectivity index (χ0) is 12.5. The maximum atomic E-state index is 5.89. The summed E-state index contributed by atoms with van der Waals surface area (Å²) in [6.07, 6.45) is 0.771. The largest absolute Gasteiger partial charge is 0.475 e. The van der Waals surface area contributed by atoms with Crippen LogP contribution >= 0.6 is 0 Å². The smallest absolute Gasteiger partial charge is 0.262 e. The number of ether oxygens (including phenoxy) is 1. The summed E-state index contributed by atoms with van der Waals surface area (Å²) in [7, 11) is 0. The molecule has 0 radical (unpaired) electrons. The third-order valence-corrected chi connectivity index (χ3v) is 2.58. The molecule has 0 aliphatic rings. The molecule has 2 N–H and O–H groups in total. The lowest BCUT2D eigenvalue weighted by atomic mass is 10.0. The fourth-order valence-corrected chi connectivity index (χ4v) is 1.55. The molecular weight excluding hydrogens is 216 g/mol. The summed E-state index contributed by atoms with van der Waals surface area (Å²) in [6, 6.07) is 5.90. The monoisotopic (exact) mass is 234 g/mol. The average molecular weight is 234 g/mol. The number of benzene rings is 1. The first-order valence-corrected chi connectivity index (χ1v) is 5.73. The number of fused-ring (bicyclic) bond motifs is 1. The van der Waals surface area contributed by atoms with Gasteiger partial charge in [-0.25, -0.2) is 0 Å². The van der Waals surface area contributed by atoms with Crippen molar-refractivity contribution < 1.29 is 9.26 Å². The van der Waals surface area contributed by atoms with Crippen LogP contribution in [0, 0.1) is 6.92 Å². The van der Waals surface area contributed by atoms with Gasteiger partial charge in [0.15, 0.2) is 5.58 Å². The van der Waals surface area contributed by atoms with Gasteiger partial charge in [-0.3, -0.25) is 0 Å². The van der Waals surface area contributed by atoms with Crippen molar-refractivity contribution in [3.8, 4) is 5.88 Å². The standard InChI is InChI=1S/C13H18N2O2/c1-9-4-5-11-10(8-9)12(15-17-11)16-7-6-13(2,3)14/h4-5,8H,6-7,14H2,1-3H3. The molecule has 1 aromatic heterocycles. The van der Waals surface area contributed by atoms with E-state index in [1.54, 1.807) is 0 Å². The highest BCUT2D eigenvalue weighted by atomic mass is 16.5. The molecule has 4 nitrogen and oxygen atoms in total. The minimum absolute atomic E-state index is 0.227. The van der Waals surface area contributed by atoms with Crippen LogP contribution in [0.25, 0.3) is 11.0 Å². The van der Waals surface area contributed by atoms with Crippen molar-refractivity contribution in [3.05, 3.63) is 23.8 Å². The van der Waals surface area contributed by atoms with Gasteiger partial charge in [0, 0.05) is 5.54 Å². The van der Waals surface area contributed by atoms with E-state index in [2.05, 4.69) is 5.16 Å². The topological polar surface area (TPSA) is 61.3 Å². The van der Waals surface area contributed by atoms with E-state index >= 15 is 0 Å². The molecule has 0 saturated heterocycles. The maximum absolute atomic E-state index is 5.89. The molecule has 4 heteroatoms. The van der Waals surface area contributed by atoms with E-state index in [0.717, 1.165) is 23.0 Å². The molecule has 0 aliphatic heterocycles. The van der Waals surface area contributed by atoms with Crippen LogP contribution in [0.3, 0.4) is 0 Å². The summed E-state index contributed by atoms with van der Waals surface area (Å²) in [5.74, 6) is 0.549. The van der Waals surface area contributed by atoms with Crippen molar-refractivity contribution >= 4 is 11.0 Å². The summed E-state index contributed by atoms with van der Waals surface area (Å²) >= 11 is 0. The molecule has 0 aliphatic carbocycles. The zero-order valence-corrected chi connectivity index (χ0v) is 10.5. The third-order valence-electron chi connectivity index (χ3n) is 2.58. The fourth-order valence-electron chi connectivity index (χ4n) is 1.55. The minimum Gasteiger partial charge on any atom is -0.475 e. The van der Waals surface area contributed by atoms with Crippen LogP contribution < -0.4 is 10.5 Å². The zero-order valence-electron chi connectivity index (χ0n) is 10.5. The lowest BCUT2D eigenvalue weighted by Gasteiger charge is -2.17. The van der Waals surface area contributed by atoms with Gasteiger partial charge >= 0.3 is 0 Å². The van der Waals surface area contributed by atoms with Gasteiger partial charge in [0.05, 0.1) is 12.0 Å². The van der Waals surface area contributed by atoms with Crippen molar-refractivity contribution in [2.75, 3.05) is 6.61 Å². The van der Waals surface area contributed by atoms with Crippen molar-refractivity contribution in [2.45, 2.75) is 32.7 Å². The molecule has 0 atom stereocenters. The molecule has 2 rings (SSSR count). The first kappa shape index (κ1) is 11.9. The Morgan fingerprint density at radius 3 is 2.88 bits per heavy atom. The maximum Gasteiger partial charge on any atom is 0.262 e. The van der Waals surface area contributed by atoms with Crippen LogP contribution in [-0.2, 0) is 0 Å². The van der Waals surface area contributed by atoms with Crippen molar-refractivity contribution in [1.82, 2.24) is 5.16 Å². The van der Waals surface area contributed by atoms with E-state index in [0.29, 0.717) is 12.5 Å². The number of hydrogen-bond acceptors (Lipinski definition) is 4. The molecule has 2 aromatic rings. The van der Waals surface area contributed by atoms with E-state index in [4.69, 9.17) is 15.0 Å². The summed E-state index contributed by atoms with van der Waals surface area (Å²) in [4.78, 5) is 0. The first-order valence-electron chi connectivity index (χ1n) is 5.73. The highest BCUT2D eigenvalue weighted by Gasteiger charge is 2.13. The highest BCUT2D eigenvalue weighted by molar-refractivity contribution is 5.82. The van der Waals surface area contributed by atoms with Crippen LogP contribution in [0.4, 0.5) is 0 Å². The highest BCUT2D eigenvalue weighted by Crippen LogP contribution is 2.25. The van der Waals surface area contributed by atoms with Gasteiger partial charge < -0.3 is 15.0 Å². The van der Waals surface area contributed by atoms with E-state index in [1.807, 2.05) is 39.0 Å². The summed E-state index contributed by atoms with van der Waals surface area (Å²) < 4.78 is 10.8. The third kappa shape index (κ3) is 2.97. The minimum atomic E-state index is -0.227. The van der Waals surface area contributed by atoms with Gasteiger partial charge in [-0.1, -0.05) is 11.6 Å². The summed E-state index contributed by atoms with van der Waals surface area (Å²) in [6.45, 7) is 6.51. The lowest BCUT2D eigenvalue weighted by Crippen LogP contribution is -2.33. The average Bonchev–Trinajstić information content (AvgIpc) is 2.59. The molecule has 92 valence electrons. The quantitative estimate of drug-likeness (QED) is 0.883. The van der Waals surface area contributed by atoms with Gasteiger partial charge in [0.2, 0.25) is 0 Å². The Morgan fingerprint density at radius 2 is 2.18 bits per heavy atom. The molecule has 0 saturated carbocycles. The second kappa shape index (κ2) is 4.37. The van der Waals surface area contributed by atoms with E-state index in [9.17, 15) is 0 Å². The van der Waals surface area contributed by atoms with Crippen molar-refractivity contribution in [1.29, 1.82) is 0 Å². The molecule has 0 bridgehead atoms. The number of hydrogen-bond donors (Lipinski definition) is 1. The number of nitrogens with two attached hydrogens (primary N) is 1. The second-order valence-corrected chi connectivity index (χ2v) is 5.07. The number of rotatable bonds is 4. The number of aromatic nitrogens is 1. The molecule has 1 heterocycles. The van der Waals surface area contributed by atoms with Gasteiger partial charge in [0.25, 0.3) is 5.88 Å². The van der Waals surface area contributed by atoms with Crippen LogP contribution in [0.15, 0.2) is 22.7 Å². The SMILES string of the molecule is Cc1ccc2onc(OCCC(C)(C)N)c2c1. The number of aryl methyl sites for hydroxylation is 1. The van der Waals surface area contributed by atoms with E-state index in [-0.39, 0.29) is 5.54 Å². The molecule has 17 heavy (non-hydrogen) atoms. The lowest BCUT2D eigenvalue weighted by molar-refractivity contribution is 0.253. The Hall–Kier alpha value is -1.55. The molecule has 1 aromatic carbocycles. The Labute approximate surface area is 101 Å². The summed E-state index contributed by atoms with van der Waals surface area (Å²) in [5, 5.41) is 4.83. The number of nitrogens with zero attached hydrogens (tertiary/aromatic N) is 1. The molecule has 0 fully saturated rings. The predicted molar refractivity (Wildman–Crippen MR) is 67.1 cm³/mol. The Bertz CT molecular complexity index is 512. The van der Waals surface area contributed by atoms with Gasteiger partial charge in [0.1, 0.15) is 0 Å². The van der Waals surface area contributed by atoms with Crippen LogP contribution in [0.2, 0.25) is 0 Å². The van der Waals surface area contributed by atoms with Crippen molar-refractivity contribution in [2.24, 2.45) is 5.73 Å². The van der Waals surface area contributed by atoms with Crippen LogP contribution in [0.5, 0.6) is 5.88 Å². The Morgan fingerprint density at radius 1 is 1.41 bits per heavy atom. The van der Waals surface area contributed by atoms with Crippen molar-refractivity contribution in [3.63, 3.8) is 0 Å². The molecule has 0 unspecified atom stereocenters. The van der Waals surface area contributed by atoms with Crippen LogP contribution in [-0.4, -0.2) is 17.3 Å². The first-order chi connectivity index (χ1) is 7.96. The Balaban J connectivity index is 2.11. The molecule has 0 amide bonds. The van der Waals surface area contributed by atoms with Gasteiger partial charge in [-0.05, 0) is 44.5 Å².